The van der Waals surface area contributed by atoms with Gasteiger partial charge in [-0.2, -0.15) is 0 Å². The zero-order valence-electron chi connectivity index (χ0n) is 10.3. The Bertz CT molecular complexity index is 583. The first-order valence-electron chi connectivity index (χ1n) is 6.19. The number of hydrogen-bond acceptors (Lipinski definition) is 4. The number of benzene rings is 1. The fourth-order valence-electron chi connectivity index (χ4n) is 2.58. The number of aliphatic carboxylic acids is 1. The Morgan fingerprint density at radius 2 is 2.32 bits per heavy atom. The van der Waals surface area contributed by atoms with Crippen molar-refractivity contribution in [1.82, 2.24) is 9.88 Å². The Kier molecular flexibility index (Phi) is 3.31. The monoisotopic (exact) mass is 274 g/mol. The van der Waals surface area contributed by atoms with Crippen LogP contribution in [0.3, 0.4) is 0 Å². The third kappa shape index (κ3) is 2.39. The second-order valence-electron chi connectivity index (χ2n) is 4.59. The molecule has 0 amide bonds. The number of carboxylic acid groups (broad SMARTS) is 1. The van der Waals surface area contributed by atoms with Crippen molar-refractivity contribution < 1.29 is 9.90 Å². The van der Waals surface area contributed by atoms with Crippen molar-refractivity contribution in [2.75, 3.05) is 6.54 Å². The zero-order valence-corrected chi connectivity index (χ0v) is 11.1. The van der Waals surface area contributed by atoms with Crippen molar-refractivity contribution in [2.45, 2.75) is 19.0 Å². The highest BCUT2D eigenvalue weighted by Crippen LogP contribution is 2.31. The summed E-state index contributed by atoms with van der Waals surface area (Å²) >= 11 is 1.57. The van der Waals surface area contributed by atoms with E-state index in [1.54, 1.807) is 17.5 Å². The zero-order chi connectivity index (χ0) is 13.2. The van der Waals surface area contributed by atoms with Crippen LogP contribution in [0.25, 0.3) is 0 Å². The van der Waals surface area contributed by atoms with Crippen LogP contribution in [0.5, 0.6) is 0 Å². The van der Waals surface area contributed by atoms with Crippen LogP contribution in [-0.2, 0) is 17.8 Å². The topological polar surface area (TPSA) is 53.4 Å². The molecule has 98 valence electrons. The van der Waals surface area contributed by atoms with Crippen molar-refractivity contribution in [1.29, 1.82) is 0 Å². The van der Waals surface area contributed by atoms with E-state index in [0.29, 0.717) is 6.54 Å². The summed E-state index contributed by atoms with van der Waals surface area (Å²) in [5, 5.41) is 12.4. The van der Waals surface area contributed by atoms with Gasteiger partial charge >= 0.3 is 5.97 Å². The summed E-state index contributed by atoms with van der Waals surface area (Å²) in [7, 11) is 0. The minimum absolute atomic E-state index is 0.561. The van der Waals surface area contributed by atoms with E-state index in [0.717, 1.165) is 29.1 Å². The molecule has 1 aromatic carbocycles. The number of carboxylic acids is 1. The van der Waals surface area contributed by atoms with Crippen LogP contribution in [0.2, 0.25) is 0 Å². The third-order valence-electron chi connectivity index (χ3n) is 3.44. The van der Waals surface area contributed by atoms with Crippen LogP contribution in [0.15, 0.2) is 35.8 Å². The Morgan fingerprint density at radius 1 is 1.47 bits per heavy atom. The first-order chi connectivity index (χ1) is 9.25. The maximum Gasteiger partial charge on any atom is 0.325 e. The third-order valence-corrected chi connectivity index (χ3v) is 4.20. The smallest absolute Gasteiger partial charge is 0.325 e. The highest BCUT2D eigenvalue weighted by Gasteiger charge is 2.32. The molecule has 1 aliphatic heterocycles. The molecule has 1 aliphatic rings. The summed E-state index contributed by atoms with van der Waals surface area (Å²) < 4.78 is 0. The van der Waals surface area contributed by atoms with Crippen LogP contribution < -0.4 is 0 Å². The summed E-state index contributed by atoms with van der Waals surface area (Å²) in [6.07, 6.45) is 2.65. The number of thiazole rings is 1. The predicted molar refractivity (Wildman–Crippen MR) is 73.0 cm³/mol. The fourth-order valence-corrected chi connectivity index (χ4v) is 3.22. The second kappa shape index (κ2) is 5.11. The molecule has 0 spiro atoms. The van der Waals surface area contributed by atoms with E-state index in [1.165, 1.54) is 0 Å². The summed E-state index contributed by atoms with van der Waals surface area (Å²) in [4.78, 5) is 17.8. The highest BCUT2D eigenvalue weighted by molar-refractivity contribution is 7.09. The Balaban J connectivity index is 1.92. The highest BCUT2D eigenvalue weighted by atomic mass is 32.1. The summed E-state index contributed by atoms with van der Waals surface area (Å²) in [6, 6.07) is 7.25. The maximum atomic E-state index is 11.6. The van der Waals surface area contributed by atoms with Crippen molar-refractivity contribution in [3.63, 3.8) is 0 Å². The average Bonchev–Trinajstić information content (AvgIpc) is 2.91. The Morgan fingerprint density at radius 3 is 3.05 bits per heavy atom. The Hall–Kier alpha value is -1.72. The van der Waals surface area contributed by atoms with Gasteiger partial charge in [0.05, 0.1) is 6.54 Å². The van der Waals surface area contributed by atoms with Crippen molar-refractivity contribution in [3.05, 3.63) is 52.0 Å². The van der Waals surface area contributed by atoms with Gasteiger partial charge in [0.2, 0.25) is 0 Å². The molecule has 4 nitrogen and oxygen atoms in total. The molecule has 0 saturated carbocycles. The average molecular weight is 274 g/mol. The lowest BCUT2D eigenvalue weighted by molar-refractivity contribution is -0.144. The molecular formula is C14H14N2O2S. The summed E-state index contributed by atoms with van der Waals surface area (Å²) in [5.74, 6) is -0.788. The molecule has 1 atom stereocenters. The maximum absolute atomic E-state index is 11.6. The molecular weight excluding hydrogens is 260 g/mol. The van der Waals surface area contributed by atoms with Gasteiger partial charge in [-0.1, -0.05) is 24.3 Å². The molecule has 0 bridgehead atoms. The number of fused-ring (bicyclic) bond motifs is 1. The van der Waals surface area contributed by atoms with E-state index in [4.69, 9.17) is 0 Å². The van der Waals surface area contributed by atoms with Crippen molar-refractivity contribution >= 4 is 17.3 Å². The van der Waals surface area contributed by atoms with Gasteiger partial charge < -0.3 is 5.11 Å². The number of aromatic nitrogens is 1. The summed E-state index contributed by atoms with van der Waals surface area (Å²) in [5.41, 5.74) is 2.06. The molecule has 0 aliphatic carbocycles. The van der Waals surface area contributed by atoms with Crippen LogP contribution in [-0.4, -0.2) is 27.5 Å². The van der Waals surface area contributed by atoms with Gasteiger partial charge in [-0.05, 0) is 17.5 Å². The van der Waals surface area contributed by atoms with E-state index in [-0.39, 0.29) is 0 Å². The van der Waals surface area contributed by atoms with Gasteiger partial charge in [-0.3, -0.25) is 9.69 Å². The van der Waals surface area contributed by atoms with E-state index in [9.17, 15) is 9.90 Å². The van der Waals surface area contributed by atoms with E-state index in [2.05, 4.69) is 4.98 Å². The predicted octanol–water partition coefficient (Wildman–Crippen LogP) is 2.33. The lowest BCUT2D eigenvalue weighted by Crippen LogP contribution is -2.39. The molecule has 0 fully saturated rings. The molecule has 1 unspecified atom stereocenters. The SMILES string of the molecule is O=C(O)C1c2ccccc2CCN1Cc1nccs1. The van der Waals surface area contributed by atoms with Crippen LogP contribution >= 0.6 is 11.3 Å². The molecule has 5 heteroatoms. The van der Waals surface area contributed by atoms with Gasteiger partial charge in [0.25, 0.3) is 0 Å². The lowest BCUT2D eigenvalue weighted by Gasteiger charge is -2.34. The van der Waals surface area contributed by atoms with Crippen molar-refractivity contribution in [2.24, 2.45) is 0 Å². The molecule has 0 radical (unpaired) electrons. The lowest BCUT2D eigenvalue weighted by atomic mass is 9.92. The van der Waals surface area contributed by atoms with E-state index in [1.807, 2.05) is 34.5 Å². The normalized spacial score (nSPS) is 19.1. The first kappa shape index (κ1) is 12.3. The number of nitrogens with zero attached hydrogens (tertiary/aromatic N) is 2. The van der Waals surface area contributed by atoms with E-state index < -0.39 is 12.0 Å². The largest absolute Gasteiger partial charge is 0.480 e. The standard InChI is InChI=1S/C14H14N2O2S/c17-14(18)13-11-4-2-1-3-10(11)5-7-16(13)9-12-15-6-8-19-12/h1-4,6,8,13H,5,7,9H2,(H,17,18). The van der Waals surface area contributed by atoms with Crippen LogP contribution in [0.4, 0.5) is 0 Å². The van der Waals surface area contributed by atoms with Crippen LogP contribution in [0.1, 0.15) is 22.2 Å². The number of hydrogen-bond donors (Lipinski definition) is 1. The fraction of sp³-hybridized carbons (Fsp3) is 0.286. The molecule has 3 rings (SSSR count). The second-order valence-corrected chi connectivity index (χ2v) is 5.57. The number of carbonyl (C=O) groups is 1. The molecule has 19 heavy (non-hydrogen) atoms. The Labute approximate surface area is 115 Å². The van der Waals surface area contributed by atoms with Gasteiger partial charge in [0.15, 0.2) is 0 Å². The molecule has 1 N–H and O–H groups in total. The van der Waals surface area contributed by atoms with Gasteiger partial charge in [0, 0.05) is 18.1 Å². The molecule has 2 aromatic rings. The van der Waals surface area contributed by atoms with E-state index >= 15 is 0 Å². The van der Waals surface area contributed by atoms with Gasteiger partial charge in [-0.25, -0.2) is 4.98 Å². The number of rotatable bonds is 3. The minimum Gasteiger partial charge on any atom is -0.480 e. The van der Waals surface area contributed by atoms with Crippen LogP contribution in [0, 0.1) is 0 Å². The van der Waals surface area contributed by atoms with Crippen molar-refractivity contribution in [3.8, 4) is 0 Å². The molecule has 1 aromatic heterocycles. The quantitative estimate of drug-likeness (QED) is 0.933. The van der Waals surface area contributed by atoms with Gasteiger partial charge in [0.1, 0.15) is 11.0 Å². The van der Waals surface area contributed by atoms with Gasteiger partial charge in [-0.15, -0.1) is 11.3 Å². The first-order valence-corrected chi connectivity index (χ1v) is 7.06. The minimum atomic E-state index is -0.788. The molecule has 0 saturated heterocycles. The summed E-state index contributed by atoms with van der Waals surface area (Å²) in [6.45, 7) is 1.36. The molecule has 2 heterocycles.